The van der Waals surface area contributed by atoms with Crippen LogP contribution in [-0.4, -0.2) is 23.6 Å². The number of carbonyl (C=O) groups is 2. The molecule has 0 unspecified atom stereocenters. The predicted molar refractivity (Wildman–Crippen MR) is 81.5 cm³/mol. The number of ether oxygens (including phenoxy) is 1. The summed E-state index contributed by atoms with van der Waals surface area (Å²) >= 11 is 5.86. The van der Waals surface area contributed by atoms with Crippen LogP contribution in [0.15, 0.2) is 42.5 Å². The number of hydrogen-bond acceptors (Lipinski definition) is 3. The number of hydrogen-bond donors (Lipinski definition) is 1. The van der Waals surface area contributed by atoms with Gasteiger partial charge in [0, 0.05) is 5.02 Å². The standard InChI is InChI=1S/C16H12ClNO4/c17-12-4-1-10(2-5-12)8-18-13-6-3-11(16(20)21)7-14(13)22-9-15(18)19/h1-7H,8-9H2,(H,20,21). The SMILES string of the molecule is O=C(O)c1ccc2c(c1)OCC(=O)N2Cc1ccc(Cl)cc1. The number of carbonyl (C=O) groups excluding carboxylic acids is 1. The molecule has 0 atom stereocenters. The molecule has 0 aliphatic carbocycles. The minimum absolute atomic E-state index is 0.107. The van der Waals surface area contributed by atoms with Crippen LogP contribution in [0.3, 0.4) is 0 Å². The molecule has 1 N–H and O–H groups in total. The second kappa shape index (κ2) is 5.69. The second-order valence-electron chi connectivity index (χ2n) is 4.88. The first-order chi connectivity index (χ1) is 10.5. The van der Waals surface area contributed by atoms with Gasteiger partial charge in [0.05, 0.1) is 17.8 Å². The van der Waals surface area contributed by atoms with E-state index in [1.54, 1.807) is 23.1 Å². The van der Waals surface area contributed by atoms with Gasteiger partial charge >= 0.3 is 5.97 Å². The molecule has 112 valence electrons. The Bertz CT molecular complexity index is 742. The number of nitrogens with zero attached hydrogens (tertiary/aromatic N) is 1. The molecule has 3 rings (SSSR count). The monoisotopic (exact) mass is 317 g/mol. The van der Waals surface area contributed by atoms with Crippen molar-refractivity contribution in [3.05, 3.63) is 58.6 Å². The van der Waals surface area contributed by atoms with Gasteiger partial charge in [-0.2, -0.15) is 0 Å². The van der Waals surface area contributed by atoms with Crippen LogP contribution in [-0.2, 0) is 11.3 Å². The predicted octanol–water partition coefficient (Wildman–Crippen LogP) is 2.96. The van der Waals surface area contributed by atoms with Gasteiger partial charge in [-0.15, -0.1) is 0 Å². The highest BCUT2D eigenvalue weighted by atomic mass is 35.5. The molecule has 0 saturated carbocycles. The van der Waals surface area contributed by atoms with Gasteiger partial charge in [0.25, 0.3) is 5.91 Å². The fraction of sp³-hybridized carbons (Fsp3) is 0.125. The smallest absolute Gasteiger partial charge is 0.335 e. The van der Waals surface area contributed by atoms with E-state index in [1.807, 2.05) is 12.1 Å². The van der Waals surface area contributed by atoms with Crippen LogP contribution in [0.25, 0.3) is 0 Å². The molecule has 1 aliphatic rings. The van der Waals surface area contributed by atoms with Gasteiger partial charge in [-0.05, 0) is 35.9 Å². The fourth-order valence-electron chi connectivity index (χ4n) is 2.28. The van der Waals surface area contributed by atoms with Gasteiger partial charge in [0.1, 0.15) is 5.75 Å². The lowest BCUT2D eigenvalue weighted by atomic mass is 10.1. The number of aromatic carboxylic acids is 1. The molecular formula is C16H12ClNO4. The van der Waals surface area contributed by atoms with Crippen molar-refractivity contribution in [3.8, 4) is 5.75 Å². The van der Waals surface area contributed by atoms with E-state index in [2.05, 4.69) is 0 Å². The van der Waals surface area contributed by atoms with Gasteiger partial charge in [0.15, 0.2) is 6.61 Å². The summed E-state index contributed by atoms with van der Waals surface area (Å²) in [6.07, 6.45) is 0. The fourth-order valence-corrected chi connectivity index (χ4v) is 2.41. The van der Waals surface area contributed by atoms with Crippen molar-refractivity contribution >= 4 is 29.2 Å². The van der Waals surface area contributed by atoms with E-state index in [0.717, 1.165) is 5.56 Å². The minimum Gasteiger partial charge on any atom is -0.482 e. The number of carboxylic acids is 1. The van der Waals surface area contributed by atoms with E-state index < -0.39 is 5.97 Å². The largest absolute Gasteiger partial charge is 0.482 e. The first-order valence-electron chi connectivity index (χ1n) is 6.59. The van der Waals surface area contributed by atoms with Crippen LogP contribution < -0.4 is 9.64 Å². The average molecular weight is 318 g/mol. The quantitative estimate of drug-likeness (QED) is 0.945. The summed E-state index contributed by atoms with van der Waals surface area (Å²) in [5.41, 5.74) is 1.61. The van der Waals surface area contributed by atoms with E-state index in [1.165, 1.54) is 12.1 Å². The van der Waals surface area contributed by atoms with Crippen LogP contribution in [0.5, 0.6) is 5.75 Å². The number of benzene rings is 2. The molecule has 22 heavy (non-hydrogen) atoms. The molecule has 6 heteroatoms. The highest BCUT2D eigenvalue weighted by Crippen LogP contribution is 2.34. The van der Waals surface area contributed by atoms with Gasteiger partial charge in [-0.25, -0.2) is 4.79 Å². The molecule has 0 bridgehead atoms. The van der Waals surface area contributed by atoms with Crippen molar-refractivity contribution in [2.24, 2.45) is 0 Å². The third-order valence-electron chi connectivity index (χ3n) is 3.40. The van der Waals surface area contributed by atoms with Crippen LogP contribution in [0, 0.1) is 0 Å². The Labute approximate surface area is 131 Å². The highest BCUT2D eigenvalue weighted by molar-refractivity contribution is 6.30. The van der Waals surface area contributed by atoms with Crippen LogP contribution in [0.4, 0.5) is 5.69 Å². The molecule has 0 saturated heterocycles. The summed E-state index contributed by atoms with van der Waals surface area (Å²) < 4.78 is 5.34. The van der Waals surface area contributed by atoms with E-state index in [-0.39, 0.29) is 18.1 Å². The number of fused-ring (bicyclic) bond motifs is 1. The molecule has 5 nitrogen and oxygen atoms in total. The van der Waals surface area contributed by atoms with E-state index >= 15 is 0 Å². The molecule has 2 aromatic carbocycles. The van der Waals surface area contributed by atoms with Crippen molar-refractivity contribution < 1.29 is 19.4 Å². The topological polar surface area (TPSA) is 66.8 Å². The third kappa shape index (κ3) is 2.76. The van der Waals surface area contributed by atoms with Crippen LogP contribution >= 0.6 is 11.6 Å². The Hall–Kier alpha value is -2.53. The maximum absolute atomic E-state index is 12.1. The maximum atomic E-state index is 12.1. The zero-order chi connectivity index (χ0) is 15.7. The first kappa shape index (κ1) is 14.4. The Morgan fingerprint density at radius 3 is 2.64 bits per heavy atom. The summed E-state index contributed by atoms with van der Waals surface area (Å²) in [5, 5.41) is 9.65. The number of anilines is 1. The van der Waals surface area contributed by atoms with Gasteiger partial charge in [-0.3, -0.25) is 4.79 Å². The van der Waals surface area contributed by atoms with E-state index in [0.29, 0.717) is 23.0 Å². The van der Waals surface area contributed by atoms with Crippen molar-refractivity contribution in [2.75, 3.05) is 11.5 Å². The van der Waals surface area contributed by atoms with Gasteiger partial charge in [-0.1, -0.05) is 23.7 Å². The normalized spacial score (nSPS) is 13.5. The Morgan fingerprint density at radius 2 is 1.95 bits per heavy atom. The van der Waals surface area contributed by atoms with E-state index in [4.69, 9.17) is 21.4 Å². The van der Waals surface area contributed by atoms with Crippen LogP contribution in [0.2, 0.25) is 5.02 Å². The lowest BCUT2D eigenvalue weighted by Gasteiger charge is -2.29. The summed E-state index contributed by atoms with van der Waals surface area (Å²) in [4.78, 5) is 24.7. The lowest BCUT2D eigenvalue weighted by molar-refractivity contribution is -0.121. The lowest BCUT2D eigenvalue weighted by Crippen LogP contribution is -2.38. The highest BCUT2D eigenvalue weighted by Gasteiger charge is 2.26. The van der Waals surface area contributed by atoms with Crippen molar-refractivity contribution in [1.82, 2.24) is 0 Å². The van der Waals surface area contributed by atoms with Crippen molar-refractivity contribution in [2.45, 2.75) is 6.54 Å². The Balaban J connectivity index is 1.93. The Kier molecular flexibility index (Phi) is 3.73. The molecule has 0 fully saturated rings. The molecule has 0 aromatic heterocycles. The number of carboxylic acid groups (broad SMARTS) is 1. The van der Waals surface area contributed by atoms with E-state index in [9.17, 15) is 9.59 Å². The summed E-state index contributed by atoms with van der Waals surface area (Å²) in [6, 6.07) is 11.7. The van der Waals surface area contributed by atoms with Crippen molar-refractivity contribution in [1.29, 1.82) is 0 Å². The summed E-state index contributed by atoms with van der Waals surface area (Å²) in [5.74, 6) is -0.813. The molecule has 0 spiro atoms. The first-order valence-corrected chi connectivity index (χ1v) is 6.97. The number of halogens is 1. The number of amides is 1. The number of rotatable bonds is 3. The maximum Gasteiger partial charge on any atom is 0.335 e. The van der Waals surface area contributed by atoms with Crippen molar-refractivity contribution in [3.63, 3.8) is 0 Å². The molecule has 2 aromatic rings. The zero-order valence-electron chi connectivity index (χ0n) is 11.5. The molecule has 1 aliphatic heterocycles. The molecule has 0 radical (unpaired) electrons. The van der Waals surface area contributed by atoms with Gasteiger partial charge in [0.2, 0.25) is 0 Å². The second-order valence-corrected chi connectivity index (χ2v) is 5.32. The molecule has 1 heterocycles. The molecular weight excluding hydrogens is 306 g/mol. The average Bonchev–Trinajstić information content (AvgIpc) is 2.51. The third-order valence-corrected chi connectivity index (χ3v) is 3.66. The summed E-state index contributed by atoms with van der Waals surface area (Å²) in [7, 11) is 0. The minimum atomic E-state index is -1.03. The van der Waals surface area contributed by atoms with Crippen LogP contribution in [0.1, 0.15) is 15.9 Å². The summed E-state index contributed by atoms with van der Waals surface area (Å²) in [6.45, 7) is 0.266. The Morgan fingerprint density at radius 1 is 1.23 bits per heavy atom. The zero-order valence-corrected chi connectivity index (χ0v) is 12.2. The van der Waals surface area contributed by atoms with Gasteiger partial charge < -0.3 is 14.7 Å². The molecule has 1 amide bonds.